The van der Waals surface area contributed by atoms with Crippen molar-refractivity contribution in [1.29, 1.82) is 0 Å². The van der Waals surface area contributed by atoms with Gasteiger partial charge in [0.25, 0.3) is 5.91 Å². The number of rotatable bonds is 2. The van der Waals surface area contributed by atoms with Crippen LogP contribution in [0.3, 0.4) is 0 Å². The highest BCUT2D eigenvalue weighted by Crippen LogP contribution is 2.46. The van der Waals surface area contributed by atoms with E-state index in [-0.39, 0.29) is 23.3 Å². The minimum Gasteiger partial charge on any atom is -0.487 e. The Morgan fingerprint density at radius 2 is 1.80 bits per heavy atom. The SMILES string of the molecule is CC(C)(C)[Si](C)(C)OC1CCCCNS(=O)(=O)NC(=O)c2ccc3c(c2)N(CCCCc2cc(Cl)ccc2CO3)C[C@@H]2CC[C@@H]12. The molecule has 3 aliphatic rings. The van der Waals surface area contributed by atoms with Crippen LogP contribution in [-0.4, -0.2) is 48.4 Å². The van der Waals surface area contributed by atoms with Crippen molar-refractivity contribution in [2.75, 3.05) is 24.5 Å². The van der Waals surface area contributed by atoms with Crippen LogP contribution in [0, 0.1) is 11.8 Å². The topological polar surface area (TPSA) is 97.0 Å². The van der Waals surface area contributed by atoms with E-state index in [0.29, 0.717) is 30.6 Å². The standard InChI is InChI=1S/C34H50ClN3O5SSi/c1-34(2,3)45(4,5)43-31-11-6-8-18-36-44(40,41)37-33(39)25-14-17-32-30(21-25)38(22-26-13-16-29(26)31)19-9-7-10-24-20-28(35)15-12-27(24)23-42-32/h12,14-15,17,20-21,26,29,31,36H,6-11,13,16,18-19,22-23H2,1-5H3,(H,37,39)/t26-,29+,31?/m0/s1. The number of benzene rings is 2. The van der Waals surface area contributed by atoms with Gasteiger partial charge in [-0.3, -0.25) is 4.79 Å². The molecule has 0 radical (unpaired) electrons. The Morgan fingerprint density at radius 3 is 2.53 bits per heavy atom. The van der Waals surface area contributed by atoms with Crippen molar-refractivity contribution in [2.24, 2.45) is 11.8 Å². The Balaban J connectivity index is 1.51. The van der Waals surface area contributed by atoms with Crippen molar-refractivity contribution in [1.82, 2.24) is 9.44 Å². The molecule has 2 N–H and O–H groups in total. The first-order chi connectivity index (χ1) is 21.2. The molecule has 0 spiro atoms. The fourth-order valence-corrected chi connectivity index (χ4v) is 8.93. The number of carbonyl (C=O) groups excluding carboxylic acids is 1. The van der Waals surface area contributed by atoms with Gasteiger partial charge in [0.05, 0.1) is 5.69 Å². The van der Waals surface area contributed by atoms with E-state index >= 15 is 0 Å². The zero-order chi connectivity index (χ0) is 32.4. The summed E-state index contributed by atoms with van der Waals surface area (Å²) in [5.41, 5.74) is 3.40. The molecule has 1 amide bonds. The first-order valence-electron chi connectivity index (χ1n) is 16.5. The lowest BCUT2D eigenvalue weighted by atomic mass is 9.69. The van der Waals surface area contributed by atoms with Gasteiger partial charge in [-0.05, 0) is 123 Å². The Bertz CT molecular complexity index is 1480. The van der Waals surface area contributed by atoms with Gasteiger partial charge in [-0.1, -0.05) is 38.4 Å². The number of amides is 1. The van der Waals surface area contributed by atoms with E-state index in [0.717, 1.165) is 74.3 Å². The lowest BCUT2D eigenvalue weighted by Gasteiger charge is -2.48. The molecule has 45 heavy (non-hydrogen) atoms. The summed E-state index contributed by atoms with van der Waals surface area (Å²) >= 11 is 6.35. The van der Waals surface area contributed by atoms with E-state index in [4.69, 9.17) is 20.8 Å². The molecule has 0 saturated heterocycles. The normalized spacial score (nSPS) is 25.0. The average molecular weight is 676 g/mol. The number of fused-ring (bicyclic) bond motifs is 3. The highest BCUT2D eigenvalue weighted by atomic mass is 35.5. The number of carbonyl (C=O) groups is 1. The van der Waals surface area contributed by atoms with Gasteiger partial charge in [-0.25, -0.2) is 4.72 Å². The third-order valence-corrected chi connectivity index (χ3v) is 16.1. The molecular weight excluding hydrogens is 626 g/mol. The zero-order valence-corrected chi connectivity index (χ0v) is 30.0. The predicted molar refractivity (Wildman–Crippen MR) is 184 cm³/mol. The number of nitrogens with zero attached hydrogens (tertiary/aromatic N) is 1. The lowest BCUT2D eigenvalue weighted by Crippen LogP contribution is -2.50. The van der Waals surface area contributed by atoms with Crippen LogP contribution in [0.15, 0.2) is 36.4 Å². The van der Waals surface area contributed by atoms with Gasteiger partial charge in [0.2, 0.25) is 0 Å². The van der Waals surface area contributed by atoms with Crippen LogP contribution >= 0.6 is 11.6 Å². The Labute approximate surface area is 275 Å². The lowest BCUT2D eigenvalue weighted by molar-refractivity contribution is 0.0176. The molecule has 1 unspecified atom stereocenters. The predicted octanol–water partition coefficient (Wildman–Crippen LogP) is 7.23. The molecular formula is C34H50ClN3O5SSi. The Kier molecular flexibility index (Phi) is 10.6. The highest BCUT2D eigenvalue weighted by molar-refractivity contribution is 7.88. The van der Waals surface area contributed by atoms with Crippen LogP contribution in [0.25, 0.3) is 0 Å². The summed E-state index contributed by atoms with van der Waals surface area (Å²) in [5, 5.41) is 0.822. The van der Waals surface area contributed by atoms with Crippen molar-refractivity contribution in [2.45, 2.75) is 103 Å². The Hall–Kier alpha value is -2.11. The maximum atomic E-state index is 13.2. The molecule has 5 rings (SSSR count). The molecule has 1 saturated carbocycles. The summed E-state index contributed by atoms with van der Waals surface area (Å²) in [7, 11) is -6.03. The molecule has 8 nitrogen and oxygen atoms in total. The van der Waals surface area contributed by atoms with E-state index in [1.807, 2.05) is 18.2 Å². The van der Waals surface area contributed by atoms with Crippen LogP contribution in [0.4, 0.5) is 5.69 Å². The van der Waals surface area contributed by atoms with E-state index in [1.54, 1.807) is 18.2 Å². The van der Waals surface area contributed by atoms with Gasteiger partial charge < -0.3 is 14.1 Å². The molecule has 2 heterocycles. The molecule has 1 fully saturated rings. The van der Waals surface area contributed by atoms with Crippen molar-refractivity contribution in [3.63, 3.8) is 0 Å². The molecule has 0 aromatic heterocycles. The van der Waals surface area contributed by atoms with Crippen LogP contribution < -0.4 is 19.1 Å². The van der Waals surface area contributed by atoms with Crippen molar-refractivity contribution < 1.29 is 22.4 Å². The first kappa shape index (κ1) is 34.2. The third-order valence-electron chi connectivity index (χ3n) is 10.3. The fourth-order valence-electron chi connectivity index (χ4n) is 6.48. The molecule has 2 bridgehead atoms. The quantitative estimate of drug-likeness (QED) is 0.326. The second-order valence-corrected chi connectivity index (χ2v) is 21.2. The fraction of sp³-hybridized carbons (Fsp3) is 0.618. The summed E-state index contributed by atoms with van der Waals surface area (Å²) in [6.07, 6.45) is 7.70. The number of ether oxygens (including phenoxy) is 1. The largest absolute Gasteiger partial charge is 0.487 e. The number of anilines is 1. The summed E-state index contributed by atoms with van der Waals surface area (Å²) in [6.45, 7) is 13.8. The van der Waals surface area contributed by atoms with Gasteiger partial charge in [-0.2, -0.15) is 13.1 Å². The first-order valence-corrected chi connectivity index (χ1v) is 21.3. The van der Waals surface area contributed by atoms with E-state index in [2.05, 4.69) is 48.2 Å². The molecule has 11 heteroatoms. The highest BCUT2D eigenvalue weighted by Gasteiger charge is 2.44. The van der Waals surface area contributed by atoms with E-state index in [9.17, 15) is 13.2 Å². The summed E-state index contributed by atoms with van der Waals surface area (Å²) < 4.78 is 43.9. The van der Waals surface area contributed by atoms with Gasteiger partial charge in [0, 0.05) is 36.3 Å². The number of hydrogen-bond donors (Lipinski definition) is 2. The van der Waals surface area contributed by atoms with Crippen molar-refractivity contribution in [3.8, 4) is 5.75 Å². The van der Waals surface area contributed by atoms with Gasteiger partial charge in [0.15, 0.2) is 8.32 Å². The summed E-state index contributed by atoms with van der Waals surface area (Å²) in [6, 6.07) is 11.2. The van der Waals surface area contributed by atoms with E-state index in [1.165, 1.54) is 5.56 Å². The molecule has 1 aliphatic carbocycles. The minimum absolute atomic E-state index is 0.0993. The van der Waals surface area contributed by atoms with Crippen molar-refractivity contribution >= 4 is 41.7 Å². The van der Waals surface area contributed by atoms with E-state index < -0.39 is 24.4 Å². The number of halogens is 1. The monoisotopic (exact) mass is 675 g/mol. The average Bonchev–Trinajstić information content (AvgIpc) is 2.96. The summed E-state index contributed by atoms with van der Waals surface area (Å²) in [4.78, 5) is 15.6. The maximum absolute atomic E-state index is 13.2. The van der Waals surface area contributed by atoms with Gasteiger partial charge in [0.1, 0.15) is 12.4 Å². The second kappa shape index (κ2) is 13.9. The number of hydrogen-bond acceptors (Lipinski definition) is 6. The summed E-state index contributed by atoms with van der Waals surface area (Å²) in [5.74, 6) is 0.916. The molecule has 2 aromatic rings. The van der Waals surface area contributed by atoms with Crippen LogP contribution in [0.1, 0.15) is 87.2 Å². The van der Waals surface area contributed by atoms with Gasteiger partial charge in [-0.15, -0.1) is 0 Å². The van der Waals surface area contributed by atoms with Crippen molar-refractivity contribution in [3.05, 3.63) is 58.1 Å². The number of nitrogens with one attached hydrogen (secondary N) is 2. The van der Waals surface area contributed by atoms with Crippen LogP contribution in [0.2, 0.25) is 23.2 Å². The third kappa shape index (κ3) is 8.43. The number of aryl methyl sites for hydroxylation is 1. The maximum Gasteiger partial charge on any atom is 0.301 e. The second-order valence-electron chi connectivity index (χ2n) is 14.5. The zero-order valence-electron chi connectivity index (χ0n) is 27.5. The van der Waals surface area contributed by atoms with Crippen LogP contribution in [-0.2, 0) is 27.7 Å². The molecule has 2 aliphatic heterocycles. The smallest absolute Gasteiger partial charge is 0.301 e. The Morgan fingerprint density at radius 1 is 1.00 bits per heavy atom. The van der Waals surface area contributed by atoms with Crippen LogP contribution in [0.5, 0.6) is 5.75 Å². The molecule has 3 atom stereocenters. The molecule has 248 valence electrons. The molecule has 2 aromatic carbocycles. The minimum atomic E-state index is -4.01. The van der Waals surface area contributed by atoms with Gasteiger partial charge >= 0.3 is 10.2 Å².